The molecule has 2 aromatic heterocycles. The van der Waals surface area contributed by atoms with Crippen LogP contribution >= 0.6 is 11.6 Å². The van der Waals surface area contributed by atoms with Crippen molar-refractivity contribution in [1.29, 1.82) is 0 Å². The van der Waals surface area contributed by atoms with E-state index in [0.29, 0.717) is 0 Å². The molecular formula is C25H29ClN4O. The fraction of sp³-hybridized carbons (Fsp3) is 0.440. The number of nitrogens with one attached hydrogen (secondary N) is 3. The highest BCUT2D eigenvalue weighted by Crippen LogP contribution is 2.35. The number of hydrogen-bond donors (Lipinski definition) is 3. The van der Waals surface area contributed by atoms with Crippen molar-refractivity contribution in [3.8, 4) is 0 Å². The van der Waals surface area contributed by atoms with E-state index >= 15 is 0 Å². The van der Waals surface area contributed by atoms with Gasteiger partial charge in [0, 0.05) is 39.6 Å². The second kappa shape index (κ2) is 8.64. The Kier molecular flexibility index (Phi) is 5.72. The van der Waals surface area contributed by atoms with Crippen LogP contribution in [0.2, 0.25) is 5.02 Å². The van der Waals surface area contributed by atoms with Gasteiger partial charge < -0.3 is 10.3 Å². The molecule has 0 bridgehead atoms. The van der Waals surface area contributed by atoms with E-state index in [1.165, 1.54) is 35.3 Å². The van der Waals surface area contributed by atoms with Crippen LogP contribution in [0.5, 0.6) is 0 Å². The van der Waals surface area contributed by atoms with Crippen molar-refractivity contribution < 1.29 is 0 Å². The zero-order chi connectivity index (χ0) is 21.4. The number of aromatic amines is 1. The van der Waals surface area contributed by atoms with Crippen LogP contribution in [-0.2, 0) is 19.3 Å². The average molecular weight is 437 g/mol. The summed E-state index contributed by atoms with van der Waals surface area (Å²) in [5.41, 5.74) is 7.01. The Morgan fingerprint density at radius 2 is 2.03 bits per heavy atom. The number of halogens is 1. The number of anilines is 1. The average Bonchev–Trinajstić information content (AvgIpc) is 2.78. The number of aryl methyl sites for hydroxylation is 2. The molecule has 0 amide bonds. The minimum Gasteiger partial charge on any atom is -0.369 e. The molecule has 3 aromatic rings. The van der Waals surface area contributed by atoms with Gasteiger partial charge in [-0.3, -0.25) is 15.1 Å². The topological polar surface area (TPSA) is 69.8 Å². The number of hydrogen-bond acceptors (Lipinski definition) is 4. The van der Waals surface area contributed by atoms with Crippen molar-refractivity contribution >= 4 is 28.2 Å². The molecule has 0 aliphatic heterocycles. The summed E-state index contributed by atoms with van der Waals surface area (Å²) in [6.07, 6.45) is 8.64. The Bertz CT molecular complexity index is 1170. The van der Waals surface area contributed by atoms with E-state index in [0.717, 1.165) is 60.1 Å². The first-order valence-electron chi connectivity index (χ1n) is 11.5. The van der Waals surface area contributed by atoms with Crippen molar-refractivity contribution in [3.05, 3.63) is 68.2 Å². The number of benzene rings is 1. The minimum atomic E-state index is -0.0156. The van der Waals surface area contributed by atoms with E-state index in [1.807, 2.05) is 18.2 Å². The monoisotopic (exact) mass is 436 g/mol. The van der Waals surface area contributed by atoms with Gasteiger partial charge in [-0.05, 0) is 80.7 Å². The summed E-state index contributed by atoms with van der Waals surface area (Å²) in [4.78, 5) is 19.7. The maximum absolute atomic E-state index is 11.7. The van der Waals surface area contributed by atoms with Gasteiger partial charge in [-0.15, -0.1) is 0 Å². The SMILES string of the molecule is CCC(Nc1c2c(nc3cc(Cl)ccc13)CCCC2)NC1CCCc2[nH]c(=O)ccc21. The van der Waals surface area contributed by atoms with Crippen LogP contribution in [0.15, 0.2) is 35.1 Å². The Labute approximate surface area is 187 Å². The molecule has 0 spiro atoms. The van der Waals surface area contributed by atoms with Gasteiger partial charge in [-0.1, -0.05) is 24.6 Å². The van der Waals surface area contributed by atoms with Gasteiger partial charge >= 0.3 is 0 Å². The zero-order valence-corrected chi connectivity index (χ0v) is 18.7. The molecule has 0 saturated carbocycles. The van der Waals surface area contributed by atoms with E-state index < -0.39 is 0 Å². The zero-order valence-electron chi connectivity index (χ0n) is 17.9. The van der Waals surface area contributed by atoms with Gasteiger partial charge in [-0.2, -0.15) is 0 Å². The summed E-state index contributed by atoms with van der Waals surface area (Å²) in [5.74, 6) is 0. The summed E-state index contributed by atoms with van der Waals surface area (Å²) < 4.78 is 0. The Hall–Kier alpha value is -2.37. The van der Waals surface area contributed by atoms with E-state index in [1.54, 1.807) is 6.07 Å². The lowest BCUT2D eigenvalue weighted by Crippen LogP contribution is -2.40. The smallest absolute Gasteiger partial charge is 0.248 e. The van der Waals surface area contributed by atoms with Gasteiger partial charge in [0.25, 0.3) is 0 Å². The van der Waals surface area contributed by atoms with Crippen molar-refractivity contribution in [3.63, 3.8) is 0 Å². The highest BCUT2D eigenvalue weighted by molar-refractivity contribution is 6.31. The van der Waals surface area contributed by atoms with E-state index in [9.17, 15) is 4.79 Å². The van der Waals surface area contributed by atoms with Crippen LogP contribution in [0.3, 0.4) is 0 Å². The molecule has 1 aromatic carbocycles. The van der Waals surface area contributed by atoms with E-state index in [2.05, 4.69) is 28.6 Å². The highest BCUT2D eigenvalue weighted by atomic mass is 35.5. The largest absolute Gasteiger partial charge is 0.369 e. The summed E-state index contributed by atoms with van der Waals surface area (Å²) >= 11 is 6.28. The molecule has 2 heterocycles. The second-order valence-corrected chi connectivity index (χ2v) is 9.19. The molecule has 6 heteroatoms. The molecule has 2 atom stereocenters. The fourth-order valence-corrected chi connectivity index (χ4v) is 5.28. The Morgan fingerprint density at radius 1 is 1.16 bits per heavy atom. The molecular weight excluding hydrogens is 408 g/mol. The molecule has 5 nitrogen and oxygen atoms in total. The highest BCUT2D eigenvalue weighted by Gasteiger charge is 2.25. The molecule has 2 aliphatic carbocycles. The maximum atomic E-state index is 11.7. The third-order valence-electron chi connectivity index (χ3n) is 6.69. The van der Waals surface area contributed by atoms with Gasteiger partial charge in [0.1, 0.15) is 0 Å². The lowest BCUT2D eigenvalue weighted by Gasteiger charge is -2.32. The van der Waals surface area contributed by atoms with Crippen molar-refractivity contribution in [2.45, 2.75) is 70.5 Å². The molecule has 2 aliphatic rings. The molecule has 31 heavy (non-hydrogen) atoms. The van der Waals surface area contributed by atoms with Crippen LogP contribution < -0.4 is 16.2 Å². The van der Waals surface area contributed by atoms with Crippen LogP contribution in [0.4, 0.5) is 5.69 Å². The number of aromatic nitrogens is 2. The van der Waals surface area contributed by atoms with Crippen LogP contribution in [0.1, 0.15) is 67.6 Å². The van der Waals surface area contributed by atoms with Crippen molar-refractivity contribution in [1.82, 2.24) is 15.3 Å². The van der Waals surface area contributed by atoms with Crippen LogP contribution in [0, 0.1) is 0 Å². The lowest BCUT2D eigenvalue weighted by molar-refractivity contribution is 0.405. The first-order chi connectivity index (χ1) is 15.1. The van der Waals surface area contributed by atoms with Crippen LogP contribution in [-0.4, -0.2) is 16.1 Å². The fourth-order valence-electron chi connectivity index (χ4n) is 5.12. The molecule has 5 rings (SSSR count). The quantitative estimate of drug-likeness (QED) is 0.476. The number of nitrogens with zero attached hydrogens (tertiary/aromatic N) is 1. The molecule has 0 radical (unpaired) electrons. The Balaban J connectivity index is 1.48. The third-order valence-corrected chi connectivity index (χ3v) is 6.92. The first kappa shape index (κ1) is 20.5. The molecule has 0 fully saturated rings. The first-order valence-corrected chi connectivity index (χ1v) is 11.9. The number of fused-ring (bicyclic) bond motifs is 3. The number of H-pyrrole nitrogens is 1. The van der Waals surface area contributed by atoms with Gasteiger partial charge in [0.15, 0.2) is 0 Å². The molecule has 162 valence electrons. The van der Waals surface area contributed by atoms with Crippen LogP contribution in [0.25, 0.3) is 10.9 Å². The number of pyridine rings is 2. The minimum absolute atomic E-state index is 0.0156. The summed E-state index contributed by atoms with van der Waals surface area (Å²) in [5, 5.41) is 9.54. The van der Waals surface area contributed by atoms with E-state index in [4.69, 9.17) is 16.6 Å². The summed E-state index contributed by atoms with van der Waals surface area (Å²) in [6, 6.07) is 9.88. The van der Waals surface area contributed by atoms with Gasteiger partial charge in [-0.25, -0.2) is 0 Å². The number of rotatable bonds is 5. The standard InChI is InChI=1S/C25H29ClN4O/c1-2-23(28-19-8-5-9-20-16(19)12-13-24(31)29-20)30-25-17-6-3-4-7-21(17)27-22-14-15(26)10-11-18(22)25/h10-14,19,23,28H,2-9H2,1H3,(H,27,30)(H,29,31). The molecule has 3 N–H and O–H groups in total. The second-order valence-electron chi connectivity index (χ2n) is 8.75. The third kappa shape index (κ3) is 4.09. The molecule has 2 unspecified atom stereocenters. The predicted molar refractivity (Wildman–Crippen MR) is 127 cm³/mol. The van der Waals surface area contributed by atoms with E-state index in [-0.39, 0.29) is 17.8 Å². The summed E-state index contributed by atoms with van der Waals surface area (Å²) in [7, 11) is 0. The van der Waals surface area contributed by atoms with Gasteiger partial charge in [0.05, 0.1) is 11.7 Å². The summed E-state index contributed by atoms with van der Waals surface area (Å²) in [6.45, 7) is 2.20. The van der Waals surface area contributed by atoms with Crippen molar-refractivity contribution in [2.24, 2.45) is 0 Å². The maximum Gasteiger partial charge on any atom is 0.248 e. The normalized spacial score (nSPS) is 19.0. The Morgan fingerprint density at radius 3 is 2.90 bits per heavy atom. The van der Waals surface area contributed by atoms with Crippen molar-refractivity contribution in [2.75, 3.05) is 5.32 Å². The lowest BCUT2D eigenvalue weighted by atomic mass is 9.90. The van der Waals surface area contributed by atoms with Gasteiger partial charge in [0.2, 0.25) is 5.56 Å². The predicted octanol–water partition coefficient (Wildman–Crippen LogP) is 5.27. The molecule has 0 saturated heterocycles.